The van der Waals surface area contributed by atoms with Crippen LogP contribution in [0.3, 0.4) is 0 Å². The molecule has 0 radical (unpaired) electrons. The minimum atomic E-state index is -4.35. The number of primary sulfonamides is 1. The molecule has 8 heteroatoms. The van der Waals surface area contributed by atoms with Crippen molar-refractivity contribution in [3.63, 3.8) is 0 Å². The normalized spacial score (nSPS) is 21.0. The highest BCUT2D eigenvalue weighted by molar-refractivity contribution is 7.89. The Hall–Kier alpha value is -1.12. The van der Waals surface area contributed by atoms with Crippen molar-refractivity contribution in [2.75, 3.05) is 18.8 Å². The molecule has 0 unspecified atom stereocenters. The summed E-state index contributed by atoms with van der Waals surface area (Å²) in [4.78, 5) is 1.98. The molecule has 1 heterocycles. The van der Waals surface area contributed by atoms with Crippen molar-refractivity contribution >= 4 is 10.0 Å². The third-order valence-corrected chi connectivity index (χ3v) is 4.65. The average Bonchev–Trinajstić information content (AvgIpc) is 2.44. The van der Waals surface area contributed by atoms with Crippen LogP contribution in [0.1, 0.15) is 36.4 Å². The Morgan fingerprint density at radius 1 is 1.18 bits per heavy atom. The van der Waals surface area contributed by atoms with E-state index >= 15 is 0 Å². The molecule has 2 N–H and O–H groups in total. The summed E-state index contributed by atoms with van der Waals surface area (Å²) < 4.78 is 60.0. The zero-order chi connectivity index (χ0) is 16.4. The lowest BCUT2D eigenvalue weighted by Crippen LogP contribution is -2.38. The molecule has 22 heavy (non-hydrogen) atoms. The topological polar surface area (TPSA) is 63.4 Å². The first-order valence-corrected chi connectivity index (χ1v) is 8.80. The van der Waals surface area contributed by atoms with Gasteiger partial charge in [0.05, 0.1) is 11.3 Å². The number of alkyl halides is 3. The minimum Gasteiger partial charge on any atom is -0.295 e. The smallest absolute Gasteiger partial charge is 0.295 e. The van der Waals surface area contributed by atoms with Crippen LogP contribution >= 0.6 is 0 Å². The van der Waals surface area contributed by atoms with Crippen molar-refractivity contribution < 1.29 is 21.6 Å². The number of sulfonamides is 1. The quantitative estimate of drug-likeness (QED) is 0.919. The molecule has 0 aliphatic carbocycles. The van der Waals surface area contributed by atoms with Gasteiger partial charge >= 0.3 is 6.18 Å². The first-order chi connectivity index (χ1) is 10.2. The van der Waals surface area contributed by atoms with Gasteiger partial charge in [0.15, 0.2) is 0 Å². The Kier molecular flexibility index (Phi) is 5.14. The molecule has 1 saturated heterocycles. The van der Waals surface area contributed by atoms with Crippen molar-refractivity contribution in [3.05, 3.63) is 35.4 Å². The highest BCUT2D eigenvalue weighted by Crippen LogP contribution is 2.34. The van der Waals surface area contributed by atoms with E-state index in [-0.39, 0.29) is 11.8 Å². The maximum Gasteiger partial charge on any atom is 0.416 e. The summed E-state index contributed by atoms with van der Waals surface area (Å²) in [6.07, 6.45) is -1.63. The molecule has 0 amide bonds. The van der Waals surface area contributed by atoms with E-state index in [1.165, 1.54) is 12.1 Å². The van der Waals surface area contributed by atoms with Gasteiger partial charge < -0.3 is 0 Å². The van der Waals surface area contributed by atoms with Gasteiger partial charge in [-0.3, -0.25) is 4.90 Å². The van der Waals surface area contributed by atoms with Crippen LogP contribution in [0, 0.1) is 0 Å². The van der Waals surface area contributed by atoms with Crippen LogP contribution in [0.2, 0.25) is 0 Å². The number of nitrogens with zero attached hydrogens (tertiary/aromatic N) is 1. The van der Waals surface area contributed by atoms with Gasteiger partial charge in [0.25, 0.3) is 0 Å². The third kappa shape index (κ3) is 4.69. The van der Waals surface area contributed by atoms with Gasteiger partial charge in [-0.1, -0.05) is 18.6 Å². The van der Waals surface area contributed by atoms with Crippen molar-refractivity contribution in [3.8, 4) is 0 Å². The lowest BCUT2D eigenvalue weighted by atomic mass is 9.94. The fourth-order valence-electron chi connectivity index (χ4n) is 2.77. The summed E-state index contributed by atoms with van der Waals surface area (Å²) in [5, 5.41) is 5.03. The number of halogens is 3. The SMILES string of the molecule is NS(=O)(=O)CCN1CCCC[C@H]1c1ccc(C(F)(F)F)cc1. The second kappa shape index (κ2) is 6.55. The molecule has 0 aromatic heterocycles. The number of hydrogen-bond acceptors (Lipinski definition) is 3. The molecule has 2 rings (SSSR count). The average molecular weight is 336 g/mol. The van der Waals surface area contributed by atoms with Crippen LogP contribution in [-0.4, -0.2) is 32.2 Å². The molecule has 1 fully saturated rings. The van der Waals surface area contributed by atoms with Gasteiger partial charge in [0.2, 0.25) is 10.0 Å². The molecule has 0 spiro atoms. The van der Waals surface area contributed by atoms with Gasteiger partial charge in [0, 0.05) is 12.6 Å². The highest BCUT2D eigenvalue weighted by atomic mass is 32.2. The second-order valence-electron chi connectivity index (χ2n) is 5.53. The molecule has 1 atom stereocenters. The number of piperidine rings is 1. The monoisotopic (exact) mass is 336 g/mol. The lowest BCUT2D eigenvalue weighted by molar-refractivity contribution is -0.137. The summed E-state index contributed by atoms with van der Waals surface area (Å²) in [6, 6.07) is 5.03. The number of rotatable bonds is 4. The Bertz CT molecular complexity index is 600. The number of likely N-dealkylation sites (tertiary alicyclic amines) is 1. The second-order valence-corrected chi connectivity index (χ2v) is 7.27. The third-order valence-electron chi connectivity index (χ3n) is 3.90. The highest BCUT2D eigenvalue weighted by Gasteiger charge is 2.31. The fourth-order valence-corrected chi connectivity index (χ4v) is 3.26. The van der Waals surface area contributed by atoms with Crippen LogP contribution in [0.5, 0.6) is 0 Å². The van der Waals surface area contributed by atoms with Gasteiger partial charge in [-0.2, -0.15) is 13.2 Å². The van der Waals surface area contributed by atoms with Crippen LogP contribution in [0.15, 0.2) is 24.3 Å². The molecule has 0 saturated carbocycles. The number of hydrogen-bond donors (Lipinski definition) is 1. The standard InChI is InChI=1S/C14H19F3N2O2S/c15-14(16,17)12-6-4-11(5-7-12)13-3-1-2-8-19(13)9-10-22(18,20)21/h4-7,13H,1-3,8-10H2,(H2,18,20,21)/t13-/m0/s1. The molecule has 0 bridgehead atoms. The van der Waals surface area contributed by atoms with Crippen LogP contribution in [0.4, 0.5) is 13.2 Å². The van der Waals surface area contributed by atoms with E-state index in [4.69, 9.17) is 5.14 Å². The minimum absolute atomic E-state index is 0.0576. The largest absolute Gasteiger partial charge is 0.416 e. The predicted molar refractivity (Wildman–Crippen MR) is 77.6 cm³/mol. The number of benzene rings is 1. The van der Waals surface area contributed by atoms with Gasteiger partial charge in [-0.05, 0) is 37.1 Å². The zero-order valence-corrected chi connectivity index (χ0v) is 12.8. The first-order valence-electron chi connectivity index (χ1n) is 7.08. The van der Waals surface area contributed by atoms with Crippen LogP contribution in [-0.2, 0) is 16.2 Å². The van der Waals surface area contributed by atoms with Gasteiger partial charge in [0.1, 0.15) is 0 Å². The molecule has 4 nitrogen and oxygen atoms in total. The van der Waals surface area contributed by atoms with E-state index in [2.05, 4.69) is 0 Å². The zero-order valence-electron chi connectivity index (χ0n) is 12.0. The molecule has 124 valence electrons. The lowest BCUT2D eigenvalue weighted by Gasteiger charge is -2.36. The molecule has 1 aliphatic rings. The Morgan fingerprint density at radius 3 is 2.36 bits per heavy atom. The van der Waals surface area contributed by atoms with Crippen molar-refractivity contribution in [1.82, 2.24) is 4.90 Å². The fraction of sp³-hybridized carbons (Fsp3) is 0.571. The first kappa shape index (κ1) is 17.2. The molecular formula is C14H19F3N2O2S. The van der Waals surface area contributed by atoms with Gasteiger partial charge in [-0.25, -0.2) is 13.6 Å². The van der Waals surface area contributed by atoms with E-state index < -0.39 is 21.8 Å². The maximum atomic E-state index is 12.6. The van der Waals surface area contributed by atoms with Crippen molar-refractivity contribution in [2.45, 2.75) is 31.5 Å². The summed E-state index contributed by atoms with van der Waals surface area (Å²) in [6.45, 7) is 1.02. The van der Waals surface area contributed by atoms with Crippen molar-refractivity contribution in [2.24, 2.45) is 5.14 Å². The van der Waals surface area contributed by atoms with E-state index in [9.17, 15) is 21.6 Å². The summed E-state index contributed by atoms with van der Waals surface area (Å²) in [7, 11) is -3.55. The Balaban J connectivity index is 2.13. The van der Waals surface area contributed by atoms with E-state index in [0.29, 0.717) is 6.54 Å². The summed E-state index contributed by atoms with van der Waals surface area (Å²) in [5.74, 6) is -0.149. The Morgan fingerprint density at radius 2 is 1.82 bits per heavy atom. The van der Waals surface area contributed by atoms with Crippen LogP contribution in [0.25, 0.3) is 0 Å². The van der Waals surface area contributed by atoms with E-state index in [0.717, 1.165) is 43.5 Å². The van der Waals surface area contributed by atoms with Gasteiger partial charge in [-0.15, -0.1) is 0 Å². The maximum absolute atomic E-state index is 12.6. The Labute approximate surface area is 128 Å². The molecular weight excluding hydrogens is 317 g/mol. The summed E-state index contributed by atoms with van der Waals surface area (Å²) in [5.41, 5.74) is 0.102. The molecule has 1 aromatic carbocycles. The van der Waals surface area contributed by atoms with Crippen molar-refractivity contribution in [1.29, 1.82) is 0 Å². The summed E-state index contributed by atoms with van der Waals surface area (Å²) >= 11 is 0. The van der Waals surface area contributed by atoms with E-state index in [1.807, 2.05) is 4.90 Å². The molecule has 1 aliphatic heterocycles. The predicted octanol–water partition coefficient (Wildman–Crippen LogP) is 2.52. The molecule has 1 aromatic rings. The number of nitrogens with two attached hydrogens (primary N) is 1. The van der Waals surface area contributed by atoms with E-state index in [1.54, 1.807) is 0 Å². The van der Waals surface area contributed by atoms with Crippen LogP contribution < -0.4 is 5.14 Å².